The molecule has 244 valence electrons. The first-order chi connectivity index (χ1) is 22.3. The molecule has 4 atom stereocenters. The second-order valence-electron chi connectivity index (χ2n) is 14.1. The third-order valence-electron chi connectivity index (χ3n) is 11.0. The normalized spacial score (nSPS) is 27.5. The van der Waals surface area contributed by atoms with E-state index < -0.39 is 0 Å². The summed E-state index contributed by atoms with van der Waals surface area (Å²) in [6.45, 7) is 3.16. The summed E-state index contributed by atoms with van der Waals surface area (Å²) in [4.78, 5) is 39.9. The molecule has 0 radical (unpaired) electrons. The number of nitrogens with one attached hydrogen (secondary N) is 2. The van der Waals surface area contributed by atoms with Crippen LogP contribution >= 0.6 is 0 Å². The lowest BCUT2D eigenvalue weighted by Gasteiger charge is -2.39. The molecule has 46 heavy (non-hydrogen) atoms. The van der Waals surface area contributed by atoms with Gasteiger partial charge in [0.05, 0.1) is 36.2 Å². The van der Waals surface area contributed by atoms with Gasteiger partial charge >= 0.3 is 5.97 Å². The summed E-state index contributed by atoms with van der Waals surface area (Å²) in [5.74, 6) is 0.204. The highest BCUT2D eigenvalue weighted by Crippen LogP contribution is 2.49. The molecule has 2 amide bonds. The zero-order chi connectivity index (χ0) is 32.3. The molecule has 9 nitrogen and oxygen atoms in total. The number of carbonyl (C=O) groups excluding carboxylic acids is 3. The molecule has 0 spiro atoms. The molecule has 4 aliphatic carbocycles. The van der Waals surface area contributed by atoms with Gasteiger partial charge in [0.15, 0.2) is 0 Å². The summed E-state index contributed by atoms with van der Waals surface area (Å²) >= 11 is 0. The second kappa shape index (κ2) is 13.7. The highest BCUT2D eigenvalue weighted by atomic mass is 16.5. The first-order valence-electron chi connectivity index (χ1n) is 16.8. The van der Waals surface area contributed by atoms with E-state index in [0.717, 1.165) is 37.7 Å². The lowest BCUT2D eigenvalue weighted by Crippen LogP contribution is -2.51. The highest BCUT2D eigenvalue weighted by molar-refractivity contribution is 5.98. The van der Waals surface area contributed by atoms with Gasteiger partial charge in [-0.1, -0.05) is 43.7 Å². The number of benzene rings is 2. The molecule has 0 aliphatic heterocycles. The molecule has 0 saturated heterocycles. The van der Waals surface area contributed by atoms with Crippen LogP contribution in [0.2, 0.25) is 0 Å². The lowest BCUT2D eigenvalue weighted by atomic mass is 9.70. The van der Waals surface area contributed by atoms with Crippen molar-refractivity contribution in [3.8, 4) is 17.6 Å². The highest BCUT2D eigenvalue weighted by Gasteiger charge is 2.51. The minimum atomic E-state index is -0.336. The Bertz CT molecular complexity index is 1470. The van der Waals surface area contributed by atoms with Gasteiger partial charge in [-0.15, -0.1) is 0 Å². The van der Waals surface area contributed by atoms with Crippen LogP contribution in [0.25, 0.3) is 0 Å². The summed E-state index contributed by atoms with van der Waals surface area (Å²) in [5, 5.41) is 16.3. The smallest absolute Gasteiger partial charge is 0.309 e. The van der Waals surface area contributed by atoms with E-state index in [-0.39, 0.29) is 82.5 Å². The van der Waals surface area contributed by atoms with Gasteiger partial charge in [-0.05, 0) is 86.7 Å². The molecular weight excluding hydrogens is 582 g/mol. The number of nitriles is 1. The standard InChI is InChI=1S/C37H45N3O6/c1-37(15-6-16-37)22-39-35(42)32-25-9-10-26(17-25)33(32)40-34(41)29-19-30(27(20-38)18-31(29)44-2)46-28-13-11-24(12-14-28)36(43)45-21-23-7-4-3-5-8-23/h3-5,7-8,18-19,24-26,28,32-33H,6,9-17,21-22H2,1-2H3,(H,39,42)(H,40,41)/t24-,25-,26+,28-,32+,33-/m1/s1. The van der Waals surface area contributed by atoms with Crippen molar-refractivity contribution in [2.45, 2.75) is 89.9 Å². The van der Waals surface area contributed by atoms with Gasteiger partial charge in [0.2, 0.25) is 5.91 Å². The van der Waals surface area contributed by atoms with E-state index in [1.165, 1.54) is 13.5 Å². The Hall–Kier alpha value is -4.06. The molecule has 9 heteroatoms. The average molecular weight is 628 g/mol. The average Bonchev–Trinajstić information content (AvgIpc) is 3.68. The summed E-state index contributed by atoms with van der Waals surface area (Å²) in [6.07, 6.45) is 8.74. The fourth-order valence-electron chi connectivity index (χ4n) is 8.01. The van der Waals surface area contributed by atoms with Gasteiger partial charge in [0, 0.05) is 18.7 Å². The minimum Gasteiger partial charge on any atom is -0.496 e. The van der Waals surface area contributed by atoms with E-state index in [0.29, 0.717) is 38.0 Å². The summed E-state index contributed by atoms with van der Waals surface area (Å²) in [5.41, 5.74) is 1.69. The van der Waals surface area contributed by atoms with Crippen LogP contribution in [-0.2, 0) is 20.9 Å². The SMILES string of the molecule is COc1cc(C#N)c(O[C@H]2CC[C@H](C(=O)OCc3ccccc3)CC2)cc1C(=O)N[C@@H]1[C@H]2CC[C@H](C2)[C@@H]1C(=O)NCC1(C)CCC1. The monoisotopic (exact) mass is 627 g/mol. The second-order valence-corrected chi connectivity index (χ2v) is 14.1. The molecule has 2 aromatic rings. The van der Waals surface area contributed by atoms with E-state index in [1.807, 2.05) is 30.3 Å². The van der Waals surface area contributed by atoms with Crippen LogP contribution in [0.3, 0.4) is 0 Å². The Morgan fingerprint density at radius 2 is 1.72 bits per heavy atom. The number of carbonyl (C=O) groups is 3. The van der Waals surface area contributed by atoms with Crippen molar-refractivity contribution >= 4 is 17.8 Å². The topological polar surface area (TPSA) is 127 Å². The summed E-state index contributed by atoms with van der Waals surface area (Å²) in [6, 6.07) is 14.7. The van der Waals surface area contributed by atoms with Crippen molar-refractivity contribution in [2.24, 2.45) is 29.1 Å². The van der Waals surface area contributed by atoms with Crippen molar-refractivity contribution in [3.63, 3.8) is 0 Å². The zero-order valence-electron chi connectivity index (χ0n) is 26.9. The van der Waals surface area contributed by atoms with Crippen LogP contribution in [0.1, 0.15) is 92.6 Å². The number of nitrogens with zero attached hydrogens (tertiary/aromatic N) is 1. The van der Waals surface area contributed by atoms with Crippen LogP contribution in [0.15, 0.2) is 42.5 Å². The third kappa shape index (κ3) is 6.86. The van der Waals surface area contributed by atoms with Crippen molar-refractivity contribution < 1.29 is 28.6 Å². The van der Waals surface area contributed by atoms with E-state index in [2.05, 4.69) is 23.6 Å². The number of rotatable bonds is 11. The fourth-order valence-corrected chi connectivity index (χ4v) is 8.01. The van der Waals surface area contributed by atoms with Gasteiger partial charge in [0.25, 0.3) is 5.91 Å². The quantitative estimate of drug-likeness (QED) is 0.306. The maximum atomic E-state index is 13.8. The van der Waals surface area contributed by atoms with Crippen molar-refractivity contribution in [1.82, 2.24) is 10.6 Å². The number of amides is 2. The first-order valence-corrected chi connectivity index (χ1v) is 16.8. The van der Waals surface area contributed by atoms with E-state index in [4.69, 9.17) is 14.2 Å². The van der Waals surface area contributed by atoms with Gasteiger partial charge < -0.3 is 24.8 Å². The minimum absolute atomic E-state index is 0.0426. The maximum absolute atomic E-state index is 13.8. The van der Waals surface area contributed by atoms with E-state index in [1.54, 1.807) is 12.1 Å². The molecule has 0 unspecified atom stereocenters. The van der Waals surface area contributed by atoms with Crippen LogP contribution in [0, 0.1) is 40.4 Å². The number of hydrogen-bond donors (Lipinski definition) is 2. The Morgan fingerprint density at radius 3 is 2.39 bits per heavy atom. The molecule has 6 rings (SSSR count). The molecule has 4 saturated carbocycles. The van der Waals surface area contributed by atoms with Gasteiger partial charge in [-0.2, -0.15) is 5.26 Å². The molecule has 2 aromatic carbocycles. The van der Waals surface area contributed by atoms with Crippen LogP contribution < -0.4 is 20.1 Å². The van der Waals surface area contributed by atoms with Crippen LogP contribution in [0.4, 0.5) is 0 Å². The third-order valence-corrected chi connectivity index (χ3v) is 11.0. The lowest BCUT2D eigenvalue weighted by molar-refractivity contribution is -0.151. The van der Waals surface area contributed by atoms with Crippen molar-refractivity contribution in [1.29, 1.82) is 5.26 Å². The largest absolute Gasteiger partial charge is 0.496 e. The van der Waals surface area contributed by atoms with Crippen LogP contribution in [0.5, 0.6) is 11.5 Å². The molecule has 0 aromatic heterocycles. The number of methoxy groups -OCH3 is 1. The van der Waals surface area contributed by atoms with Crippen molar-refractivity contribution in [2.75, 3.05) is 13.7 Å². The molecule has 2 bridgehead atoms. The zero-order valence-corrected chi connectivity index (χ0v) is 26.9. The number of esters is 1. The number of ether oxygens (including phenoxy) is 3. The number of hydrogen-bond acceptors (Lipinski definition) is 7. The van der Waals surface area contributed by atoms with Crippen LogP contribution in [-0.4, -0.2) is 43.6 Å². The van der Waals surface area contributed by atoms with Gasteiger partial charge in [-0.25, -0.2) is 0 Å². The maximum Gasteiger partial charge on any atom is 0.309 e. The van der Waals surface area contributed by atoms with Gasteiger partial charge in [-0.3, -0.25) is 14.4 Å². The predicted octanol–water partition coefficient (Wildman–Crippen LogP) is 5.70. The Morgan fingerprint density at radius 1 is 0.978 bits per heavy atom. The Kier molecular flexibility index (Phi) is 9.53. The predicted molar refractivity (Wildman–Crippen MR) is 171 cm³/mol. The molecule has 0 heterocycles. The molecule has 4 aliphatic rings. The Balaban J connectivity index is 1.09. The van der Waals surface area contributed by atoms with Crippen molar-refractivity contribution in [3.05, 3.63) is 59.2 Å². The Labute approximate surface area is 271 Å². The molecular formula is C37H45N3O6. The van der Waals surface area contributed by atoms with E-state index >= 15 is 0 Å². The molecule has 2 N–H and O–H groups in total. The number of fused-ring (bicyclic) bond motifs is 2. The fraction of sp³-hybridized carbons (Fsp3) is 0.568. The summed E-state index contributed by atoms with van der Waals surface area (Å²) < 4.78 is 17.4. The molecule has 4 fully saturated rings. The van der Waals surface area contributed by atoms with Gasteiger partial charge in [0.1, 0.15) is 24.2 Å². The first kappa shape index (κ1) is 31.9. The van der Waals surface area contributed by atoms with E-state index in [9.17, 15) is 19.6 Å². The summed E-state index contributed by atoms with van der Waals surface area (Å²) in [7, 11) is 1.47.